The van der Waals surface area contributed by atoms with E-state index in [1.807, 2.05) is 46.7 Å². The number of nitrogens with one attached hydrogen (secondary N) is 1. The molecule has 0 aliphatic heterocycles. The zero-order valence-electron chi connectivity index (χ0n) is 13.0. The first-order valence-electron chi connectivity index (χ1n) is 7.40. The summed E-state index contributed by atoms with van der Waals surface area (Å²) in [6.45, 7) is 5.63. The third-order valence-electron chi connectivity index (χ3n) is 3.87. The van der Waals surface area contributed by atoms with Crippen LogP contribution in [0.1, 0.15) is 13.0 Å². The Balaban J connectivity index is 1.94. The lowest BCUT2D eigenvalue weighted by Crippen LogP contribution is -2.43. The van der Waals surface area contributed by atoms with Crippen molar-refractivity contribution in [2.24, 2.45) is 0 Å². The number of carbonyl (C=O) groups is 1. The maximum Gasteiger partial charge on any atom is 0.269 e. The van der Waals surface area contributed by atoms with Crippen LogP contribution in [0.5, 0.6) is 0 Å². The molecule has 1 heterocycles. The van der Waals surface area contributed by atoms with Gasteiger partial charge >= 0.3 is 0 Å². The van der Waals surface area contributed by atoms with E-state index >= 15 is 0 Å². The number of anilines is 1. The van der Waals surface area contributed by atoms with Gasteiger partial charge in [0.1, 0.15) is 0 Å². The summed E-state index contributed by atoms with van der Waals surface area (Å²) >= 11 is 12.1. The summed E-state index contributed by atoms with van der Waals surface area (Å²) in [6, 6.07) is 12.3. The van der Waals surface area contributed by atoms with Crippen LogP contribution in [0.3, 0.4) is 0 Å². The lowest BCUT2D eigenvalue weighted by molar-refractivity contribution is -0.680. The predicted octanol–water partition coefficient (Wildman–Crippen LogP) is 4.54. The van der Waals surface area contributed by atoms with Crippen molar-refractivity contribution < 1.29 is 9.36 Å². The highest BCUT2D eigenvalue weighted by Gasteiger charge is 2.25. The number of imidazole rings is 1. The van der Waals surface area contributed by atoms with Gasteiger partial charge in [0.2, 0.25) is 6.33 Å². The van der Waals surface area contributed by atoms with E-state index < -0.39 is 6.04 Å². The summed E-state index contributed by atoms with van der Waals surface area (Å²) in [5, 5.41) is 3.79. The number of aromatic nitrogens is 2. The molecule has 0 fully saturated rings. The van der Waals surface area contributed by atoms with Crippen LogP contribution in [0, 0.1) is 0 Å². The lowest BCUT2D eigenvalue weighted by Gasteiger charge is -2.11. The van der Waals surface area contributed by atoms with Crippen LogP contribution in [0.4, 0.5) is 5.69 Å². The van der Waals surface area contributed by atoms with E-state index in [0.717, 1.165) is 11.0 Å². The SMILES string of the molecule is C=Cn1c[n+]([C@H](C)C(=O)Nc2cc(Cl)ccc2Cl)c2ccccc21. The molecule has 1 aromatic heterocycles. The Morgan fingerprint density at radius 2 is 2.04 bits per heavy atom. The molecule has 0 spiro atoms. The van der Waals surface area contributed by atoms with Gasteiger partial charge in [0.15, 0.2) is 17.1 Å². The largest absolute Gasteiger partial charge is 0.321 e. The van der Waals surface area contributed by atoms with Crippen LogP contribution >= 0.6 is 23.2 Å². The molecule has 1 amide bonds. The van der Waals surface area contributed by atoms with E-state index in [1.165, 1.54) is 0 Å². The molecule has 1 N–H and O–H groups in total. The van der Waals surface area contributed by atoms with Gasteiger partial charge < -0.3 is 5.32 Å². The summed E-state index contributed by atoms with van der Waals surface area (Å²) in [4.78, 5) is 12.6. The molecule has 2 aromatic carbocycles. The van der Waals surface area contributed by atoms with Crippen molar-refractivity contribution in [3.63, 3.8) is 0 Å². The first kappa shape index (κ1) is 16.6. The maximum absolute atomic E-state index is 12.6. The molecule has 3 aromatic rings. The molecule has 0 aliphatic carbocycles. The van der Waals surface area contributed by atoms with E-state index in [4.69, 9.17) is 23.2 Å². The second-order valence-electron chi connectivity index (χ2n) is 5.39. The summed E-state index contributed by atoms with van der Waals surface area (Å²) in [7, 11) is 0. The van der Waals surface area contributed by atoms with E-state index in [9.17, 15) is 4.79 Å². The van der Waals surface area contributed by atoms with Crippen molar-refractivity contribution in [1.82, 2.24) is 4.57 Å². The van der Waals surface area contributed by atoms with Crippen LogP contribution in [-0.4, -0.2) is 10.5 Å². The number of rotatable bonds is 4. The summed E-state index contributed by atoms with van der Waals surface area (Å²) < 4.78 is 3.77. The smallest absolute Gasteiger partial charge is 0.269 e. The Morgan fingerprint density at radius 3 is 2.79 bits per heavy atom. The number of hydrogen-bond acceptors (Lipinski definition) is 1. The van der Waals surface area contributed by atoms with Crippen LogP contribution in [-0.2, 0) is 4.79 Å². The van der Waals surface area contributed by atoms with Crippen molar-refractivity contribution in [2.75, 3.05) is 5.32 Å². The number of hydrogen-bond donors (Lipinski definition) is 1. The number of amides is 1. The third-order valence-corrected chi connectivity index (χ3v) is 4.43. The molecule has 0 saturated carbocycles. The Labute approximate surface area is 149 Å². The average molecular weight is 361 g/mol. The molecule has 122 valence electrons. The minimum atomic E-state index is -0.439. The van der Waals surface area contributed by atoms with Gasteiger partial charge in [-0.25, -0.2) is 9.13 Å². The molecule has 4 nitrogen and oxygen atoms in total. The van der Waals surface area contributed by atoms with Gasteiger partial charge in [-0.2, -0.15) is 0 Å². The number of nitrogens with zero attached hydrogens (tertiary/aromatic N) is 2. The van der Waals surface area contributed by atoms with Crippen molar-refractivity contribution in [3.05, 3.63) is 65.4 Å². The van der Waals surface area contributed by atoms with Gasteiger partial charge in [0.25, 0.3) is 5.91 Å². The van der Waals surface area contributed by atoms with E-state index in [-0.39, 0.29) is 5.91 Å². The summed E-state index contributed by atoms with van der Waals surface area (Å²) in [6.07, 6.45) is 3.55. The van der Waals surface area contributed by atoms with Crippen LogP contribution in [0.25, 0.3) is 17.2 Å². The fourth-order valence-corrected chi connectivity index (χ4v) is 2.91. The highest BCUT2D eigenvalue weighted by Crippen LogP contribution is 2.26. The van der Waals surface area contributed by atoms with Gasteiger partial charge in [-0.1, -0.05) is 41.9 Å². The van der Waals surface area contributed by atoms with Gasteiger partial charge in [0.05, 0.1) is 16.9 Å². The topological polar surface area (TPSA) is 37.9 Å². The van der Waals surface area contributed by atoms with E-state index in [1.54, 1.807) is 24.4 Å². The molecule has 3 rings (SSSR count). The summed E-state index contributed by atoms with van der Waals surface area (Å²) in [5.74, 6) is -0.184. The standard InChI is InChI=1S/C18H15Cl2N3O/c1-3-22-11-23(17-7-5-4-6-16(17)22)12(2)18(24)21-15-10-13(19)8-9-14(15)20/h3-12H,1H2,2H3/p+1/t12-/m1/s1. The molecule has 0 unspecified atom stereocenters. The van der Waals surface area contributed by atoms with Crippen LogP contribution in [0.2, 0.25) is 10.0 Å². The Morgan fingerprint density at radius 1 is 1.29 bits per heavy atom. The van der Waals surface area contributed by atoms with Crippen molar-refractivity contribution in [1.29, 1.82) is 0 Å². The average Bonchev–Trinajstić information content (AvgIpc) is 2.96. The minimum Gasteiger partial charge on any atom is -0.321 e. The normalized spacial score (nSPS) is 12.1. The van der Waals surface area contributed by atoms with Gasteiger partial charge in [0, 0.05) is 5.02 Å². The molecule has 0 saturated heterocycles. The monoisotopic (exact) mass is 360 g/mol. The molecule has 0 radical (unpaired) electrons. The molecule has 24 heavy (non-hydrogen) atoms. The van der Waals surface area contributed by atoms with E-state index in [2.05, 4.69) is 11.9 Å². The molecule has 0 aliphatic rings. The lowest BCUT2D eigenvalue weighted by atomic mass is 10.2. The van der Waals surface area contributed by atoms with Crippen LogP contribution < -0.4 is 9.88 Å². The summed E-state index contributed by atoms with van der Waals surface area (Å²) in [5.41, 5.74) is 2.42. The van der Waals surface area contributed by atoms with Crippen molar-refractivity contribution >= 4 is 52.0 Å². The Kier molecular flexibility index (Phi) is 4.60. The fourth-order valence-electron chi connectivity index (χ4n) is 2.57. The molecular weight excluding hydrogens is 345 g/mol. The minimum absolute atomic E-state index is 0.184. The first-order chi connectivity index (χ1) is 11.5. The Hall–Kier alpha value is -2.30. The highest BCUT2D eigenvalue weighted by atomic mass is 35.5. The molecule has 6 heteroatoms. The second kappa shape index (κ2) is 6.67. The van der Waals surface area contributed by atoms with Crippen molar-refractivity contribution in [2.45, 2.75) is 13.0 Å². The zero-order valence-corrected chi connectivity index (χ0v) is 14.6. The van der Waals surface area contributed by atoms with E-state index in [0.29, 0.717) is 15.7 Å². The highest BCUT2D eigenvalue weighted by molar-refractivity contribution is 6.35. The predicted molar refractivity (Wildman–Crippen MR) is 98.3 cm³/mol. The van der Waals surface area contributed by atoms with Crippen LogP contribution in [0.15, 0.2) is 55.4 Å². The zero-order chi connectivity index (χ0) is 17.3. The van der Waals surface area contributed by atoms with Gasteiger partial charge in [-0.05, 0) is 37.3 Å². The third kappa shape index (κ3) is 3.03. The number of para-hydroxylation sites is 2. The first-order valence-corrected chi connectivity index (χ1v) is 8.16. The molecule has 0 bridgehead atoms. The Bertz CT molecular complexity index is 933. The fraction of sp³-hybridized carbons (Fsp3) is 0.111. The molecule has 1 atom stereocenters. The number of fused-ring (bicyclic) bond motifs is 1. The number of benzene rings is 2. The quantitative estimate of drug-likeness (QED) is 0.681. The van der Waals surface area contributed by atoms with Crippen molar-refractivity contribution in [3.8, 4) is 0 Å². The maximum atomic E-state index is 12.6. The van der Waals surface area contributed by atoms with Gasteiger partial charge in [-0.3, -0.25) is 4.79 Å². The van der Waals surface area contributed by atoms with Gasteiger partial charge in [-0.15, -0.1) is 0 Å². The number of halogens is 2. The number of carbonyl (C=O) groups excluding carboxylic acids is 1. The molecular formula is C18H16Cl2N3O+. The second-order valence-corrected chi connectivity index (χ2v) is 6.23.